The van der Waals surface area contributed by atoms with Crippen molar-refractivity contribution in [2.75, 3.05) is 0 Å². The van der Waals surface area contributed by atoms with Crippen LogP contribution in [0.5, 0.6) is 0 Å². The van der Waals surface area contributed by atoms with E-state index in [0.717, 1.165) is 0 Å². The molecule has 22 heavy (non-hydrogen) atoms. The van der Waals surface area contributed by atoms with Crippen LogP contribution in [0.2, 0.25) is 10.0 Å². The Kier molecular flexibility index (Phi) is 6.14. The zero-order valence-corrected chi connectivity index (χ0v) is 13.2. The van der Waals surface area contributed by atoms with Gasteiger partial charge >= 0.3 is 6.18 Å². The second-order valence-electron chi connectivity index (χ2n) is 3.93. The second-order valence-corrected chi connectivity index (χ2v) is 5.33. The third kappa shape index (κ3) is 4.30. The zero-order chi connectivity index (χ0) is 17.1. The van der Waals surface area contributed by atoms with E-state index in [1.165, 1.54) is 6.92 Å². The van der Waals surface area contributed by atoms with Crippen LogP contribution >= 0.6 is 35.2 Å². The molecule has 0 spiro atoms. The van der Waals surface area contributed by atoms with E-state index < -0.39 is 11.7 Å². The Labute approximate surface area is 138 Å². The first kappa shape index (κ1) is 18.6. The molecule has 0 fully saturated rings. The summed E-state index contributed by atoms with van der Waals surface area (Å²) in [5.41, 5.74) is 4.03. The summed E-state index contributed by atoms with van der Waals surface area (Å²) in [5.74, 6) is 0. The molecular weight excluding hydrogens is 362 g/mol. The average molecular weight is 370 g/mol. The third-order valence-corrected chi connectivity index (χ3v) is 3.68. The van der Waals surface area contributed by atoms with Gasteiger partial charge in [-0.1, -0.05) is 23.2 Å². The van der Waals surface area contributed by atoms with Gasteiger partial charge in [0, 0.05) is 12.0 Å². The number of allylic oxidation sites excluding steroid dienone is 2. The predicted molar refractivity (Wildman–Crippen MR) is 81.3 cm³/mol. The Morgan fingerprint density at radius 2 is 1.86 bits per heavy atom. The van der Waals surface area contributed by atoms with Gasteiger partial charge in [0.2, 0.25) is 0 Å². The van der Waals surface area contributed by atoms with Gasteiger partial charge in [-0.15, -0.1) is 0 Å². The highest BCUT2D eigenvalue weighted by atomic mass is 35.5. The van der Waals surface area contributed by atoms with Crippen LogP contribution in [0.3, 0.4) is 0 Å². The second kappa shape index (κ2) is 7.24. The summed E-state index contributed by atoms with van der Waals surface area (Å²) in [5, 5.41) is 8.05. The molecule has 0 bridgehead atoms. The number of aliphatic imine (C=N–C) groups is 1. The van der Waals surface area contributed by atoms with Crippen LogP contribution in [-0.2, 0) is 6.18 Å². The lowest BCUT2D eigenvalue weighted by molar-refractivity contribution is -0.137. The fraction of sp³-hybridized carbons (Fsp3) is 0.167. The van der Waals surface area contributed by atoms with E-state index >= 15 is 0 Å². The van der Waals surface area contributed by atoms with Gasteiger partial charge in [0.25, 0.3) is 0 Å². The Morgan fingerprint density at radius 1 is 1.36 bits per heavy atom. The van der Waals surface area contributed by atoms with Crippen LogP contribution in [0.1, 0.15) is 12.5 Å². The van der Waals surface area contributed by atoms with E-state index in [-0.39, 0.29) is 44.1 Å². The number of rotatable bonds is 3. The van der Waals surface area contributed by atoms with E-state index in [2.05, 4.69) is 4.99 Å². The molecule has 0 saturated carbocycles. The zero-order valence-electron chi connectivity index (χ0n) is 10.9. The summed E-state index contributed by atoms with van der Waals surface area (Å²) in [6.07, 6.45) is -4.60. The highest BCUT2D eigenvalue weighted by molar-refractivity contribution is 7.98. The van der Waals surface area contributed by atoms with Crippen LogP contribution in [0.25, 0.3) is 0 Å². The number of benzene rings is 1. The van der Waals surface area contributed by atoms with E-state index in [4.69, 9.17) is 38.8 Å². The number of halogens is 5. The maximum atomic E-state index is 12.6. The summed E-state index contributed by atoms with van der Waals surface area (Å²) >= 11 is 11.7. The lowest BCUT2D eigenvalue weighted by Gasteiger charge is -2.11. The van der Waals surface area contributed by atoms with Crippen LogP contribution < -0.4 is 5.73 Å². The van der Waals surface area contributed by atoms with Gasteiger partial charge in [-0.3, -0.25) is 0 Å². The molecule has 0 saturated heterocycles. The fourth-order valence-corrected chi connectivity index (χ4v) is 2.31. The topological polar surface area (TPSA) is 82.4 Å². The first-order valence-corrected chi connectivity index (χ1v) is 6.98. The molecule has 0 amide bonds. The van der Waals surface area contributed by atoms with Crippen molar-refractivity contribution in [3.63, 3.8) is 0 Å². The van der Waals surface area contributed by atoms with Crippen molar-refractivity contribution >= 4 is 46.6 Å². The maximum Gasteiger partial charge on any atom is 0.416 e. The lowest BCUT2D eigenvalue weighted by Crippen LogP contribution is -2.06. The van der Waals surface area contributed by atoms with Crippen molar-refractivity contribution < 1.29 is 17.7 Å². The van der Waals surface area contributed by atoms with Gasteiger partial charge in [-0.2, -0.15) is 18.4 Å². The molecule has 0 aromatic heterocycles. The molecule has 1 aromatic rings. The van der Waals surface area contributed by atoms with Crippen molar-refractivity contribution in [3.8, 4) is 6.07 Å². The van der Waals surface area contributed by atoms with Crippen molar-refractivity contribution in [3.05, 3.63) is 38.3 Å². The van der Waals surface area contributed by atoms with E-state index in [9.17, 15) is 13.2 Å². The number of nitrogens with two attached hydrogens (primary N) is 1. The molecule has 3 N–H and O–H groups in total. The highest BCUT2D eigenvalue weighted by Crippen LogP contribution is 2.40. The fourth-order valence-electron chi connectivity index (χ4n) is 1.42. The van der Waals surface area contributed by atoms with Crippen molar-refractivity contribution in [2.45, 2.75) is 13.1 Å². The minimum Gasteiger partial charge on any atom is -0.389 e. The lowest BCUT2D eigenvalue weighted by atomic mass is 10.2. The molecule has 0 unspecified atom stereocenters. The van der Waals surface area contributed by atoms with Crippen molar-refractivity contribution in [1.82, 2.24) is 0 Å². The van der Waals surface area contributed by atoms with Crippen LogP contribution in [-0.4, -0.2) is 10.3 Å². The predicted octanol–water partition coefficient (Wildman–Crippen LogP) is 5.00. The molecule has 0 aliphatic rings. The van der Waals surface area contributed by atoms with Crippen LogP contribution in [0.15, 0.2) is 27.7 Å². The van der Waals surface area contributed by atoms with Crippen LogP contribution in [0.4, 0.5) is 18.9 Å². The molecular formula is C12H8Cl2F3N3OS. The van der Waals surface area contributed by atoms with Gasteiger partial charge in [0.05, 0.1) is 26.2 Å². The van der Waals surface area contributed by atoms with Crippen LogP contribution in [0, 0.1) is 11.3 Å². The molecule has 0 aliphatic heterocycles. The number of nitriles is 1. The maximum absolute atomic E-state index is 12.6. The molecule has 1 rings (SSSR count). The summed E-state index contributed by atoms with van der Waals surface area (Å²) in [6.45, 7) is 1.40. The van der Waals surface area contributed by atoms with Gasteiger partial charge in [-0.25, -0.2) is 4.99 Å². The normalized spacial score (nSPS) is 13.6. The van der Waals surface area contributed by atoms with Gasteiger partial charge in [0.15, 0.2) is 0 Å². The molecule has 4 nitrogen and oxygen atoms in total. The molecule has 0 heterocycles. The first-order chi connectivity index (χ1) is 10.1. The monoisotopic (exact) mass is 369 g/mol. The minimum atomic E-state index is -4.60. The molecule has 0 aliphatic carbocycles. The molecule has 10 heteroatoms. The number of hydrogen-bond donors (Lipinski definition) is 2. The Balaban J connectivity index is 3.42. The summed E-state index contributed by atoms with van der Waals surface area (Å²) in [7, 11) is 0. The average Bonchev–Trinajstić information content (AvgIpc) is 2.42. The van der Waals surface area contributed by atoms with Crippen molar-refractivity contribution in [2.24, 2.45) is 10.7 Å². The highest BCUT2D eigenvalue weighted by Gasteiger charge is 2.32. The molecule has 0 radical (unpaired) electrons. The number of nitrogens with zero attached hydrogens (tertiary/aromatic N) is 2. The summed E-state index contributed by atoms with van der Waals surface area (Å²) < 4.78 is 47.0. The summed E-state index contributed by atoms with van der Waals surface area (Å²) in [4.78, 5) is 3.89. The minimum absolute atomic E-state index is 0.0467. The molecule has 1 aromatic carbocycles. The first-order valence-electron chi connectivity index (χ1n) is 5.45. The summed E-state index contributed by atoms with van der Waals surface area (Å²) in [6, 6.07) is 2.99. The Hall–Kier alpha value is -1.40. The molecule has 0 atom stereocenters. The van der Waals surface area contributed by atoms with Gasteiger partial charge in [-0.05, 0) is 19.1 Å². The quantitative estimate of drug-likeness (QED) is 0.445. The van der Waals surface area contributed by atoms with Gasteiger partial charge < -0.3 is 10.3 Å². The van der Waals surface area contributed by atoms with Crippen molar-refractivity contribution in [1.29, 1.82) is 5.26 Å². The van der Waals surface area contributed by atoms with E-state index in [1.807, 2.05) is 0 Å². The molecule has 118 valence electrons. The number of hydrogen-bond acceptors (Lipinski definition) is 5. The largest absolute Gasteiger partial charge is 0.416 e. The third-order valence-electron chi connectivity index (χ3n) is 2.41. The Bertz CT molecular complexity index is 673. The van der Waals surface area contributed by atoms with E-state index in [0.29, 0.717) is 12.1 Å². The Morgan fingerprint density at radius 3 is 2.23 bits per heavy atom. The standard InChI is InChI=1S/C12H8Cl2F3N3OS/c1-5(11(22-21)9(19)4-18)20-10-7(13)2-6(3-8(10)14)12(15,16)17/h2-3,21H,19H2,1H3. The number of alkyl halides is 3. The van der Waals surface area contributed by atoms with E-state index in [1.54, 1.807) is 6.07 Å². The SMILES string of the molecule is CC(=Nc1c(Cl)cc(C(F)(F)F)cc1Cl)C(SO)=C(N)C#N. The van der Waals surface area contributed by atoms with Gasteiger partial charge in [0.1, 0.15) is 17.5 Å². The smallest absolute Gasteiger partial charge is 0.389 e.